The van der Waals surface area contributed by atoms with Crippen LogP contribution in [-0.2, 0) is 28.5 Å². The summed E-state index contributed by atoms with van der Waals surface area (Å²) in [6.07, 6.45) is 43.6. The second kappa shape index (κ2) is 44.0. The zero-order chi connectivity index (χ0) is 45.9. The second-order valence-electron chi connectivity index (χ2n) is 18.3. The molecule has 370 valence electrons. The summed E-state index contributed by atoms with van der Waals surface area (Å²) in [6, 6.07) is 0. The fourth-order valence-electron chi connectivity index (χ4n) is 8.15. The third-order valence-corrected chi connectivity index (χ3v) is 12.3. The van der Waals surface area contributed by atoms with Crippen LogP contribution in [0.15, 0.2) is 24.3 Å². The van der Waals surface area contributed by atoms with Crippen molar-refractivity contribution in [3.8, 4) is 0 Å². The summed E-state index contributed by atoms with van der Waals surface area (Å²) < 4.78 is 22.2. The maximum absolute atomic E-state index is 12.8. The van der Waals surface area contributed by atoms with Gasteiger partial charge in [-0.15, -0.1) is 0 Å². The van der Waals surface area contributed by atoms with Crippen molar-refractivity contribution in [2.24, 2.45) is 0 Å². The predicted molar refractivity (Wildman–Crippen MR) is 256 cm³/mol. The van der Waals surface area contributed by atoms with Crippen LogP contribution < -0.4 is 0 Å². The topological polar surface area (TPSA) is 152 Å². The number of hydrogen-bond acceptors (Lipinski definition) is 10. The molecule has 4 N–H and O–H groups in total. The molecule has 1 fully saturated rings. The predicted octanol–water partition coefficient (Wildman–Crippen LogP) is 12.5. The van der Waals surface area contributed by atoms with E-state index in [0.29, 0.717) is 12.8 Å². The lowest BCUT2D eigenvalue weighted by atomic mass is 9.99. The van der Waals surface area contributed by atoms with Gasteiger partial charge >= 0.3 is 11.9 Å². The molecule has 1 rings (SSSR count). The molecule has 0 aromatic rings. The van der Waals surface area contributed by atoms with E-state index in [9.17, 15) is 30.0 Å². The number of aliphatic hydroxyl groups is 4. The molecule has 0 amide bonds. The summed E-state index contributed by atoms with van der Waals surface area (Å²) in [4.78, 5) is 25.4. The summed E-state index contributed by atoms with van der Waals surface area (Å²) in [6.45, 7) is 3.40. The molecule has 0 bridgehead atoms. The molecule has 63 heavy (non-hydrogen) atoms. The van der Waals surface area contributed by atoms with Crippen molar-refractivity contribution in [3.63, 3.8) is 0 Å². The van der Waals surface area contributed by atoms with Crippen LogP contribution in [0, 0.1) is 0 Å². The summed E-state index contributed by atoms with van der Waals surface area (Å²) in [7, 11) is 0. The Labute approximate surface area is 385 Å². The summed E-state index contributed by atoms with van der Waals surface area (Å²) in [5.74, 6) is -0.890. The molecule has 1 saturated heterocycles. The van der Waals surface area contributed by atoms with Gasteiger partial charge in [0.05, 0.1) is 13.2 Å². The van der Waals surface area contributed by atoms with Crippen LogP contribution in [0.1, 0.15) is 245 Å². The van der Waals surface area contributed by atoms with E-state index >= 15 is 0 Å². The Hall–Kier alpha value is -1.82. The monoisotopic (exact) mass is 895 g/mol. The minimum absolute atomic E-state index is 0.144. The third-order valence-electron chi connectivity index (χ3n) is 12.3. The van der Waals surface area contributed by atoms with Crippen molar-refractivity contribution in [1.82, 2.24) is 0 Å². The average Bonchev–Trinajstić information content (AvgIpc) is 3.28. The van der Waals surface area contributed by atoms with Crippen LogP contribution in [-0.4, -0.2) is 89.0 Å². The first-order valence-corrected chi connectivity index (χ1v) is 26.4. The van der Waals surface area contributed by atoms with Crippen molar-refractivity contribution in [2.45, 2.75) is 282 Å². The number of aliphatic hydroxyl groups excluding tert-OH is 4. The molecular weight excluding hydrogens is 797 g/mol. The highest BCUT2D eigenvalue weighted by Gasteiger charge is 2.44. The molecular formula is C53H98O10. The smallest absolute Gasteiger partial charge is 0.306 e. The molecule has 2 unspecified atom stereocenters. The molecule has 0 radical (unpaired) electrons. The van der Waals surface area contributed by atoms with E-state index in [1.165, 1.54) is 180 Å². The van der Waals surface area contributed by atoms with Crippen LogP contribution >= 0.6 is 0 Å². The zero-order valence-electron chi connectivity index (χ0n) is 40.6. The van der Waals surface area contributed by atoms with Gasteiger partial charge in [-0.1, -0.05) is 212 Å². The van der Waals surface area contributed by atoms with E-state index in [2.05, 4.69) is 32.1 Å². The van der Waals surface area contributed by atoms with E-state index < -0.39 is 55.4 Å². The molecule has 0 aromatic carbocycles. The highest BCUT2D eigenvalue weighted by molar-refractivity contribution is 5.70. The van der Waals surface area contributed by atoms with Crippen molar-refractivity contribution in [3.05, 3.63) is 24.3 Å². The van der Waals surface area contributed by atoms with Crippen molar-refractivity contribution < 1.29 is 49.0 Å². The van der Waals surface area contributed by atoms with Crippen LogP contribution in [0.2, 0.25) is 0 Å². The Morgan fingerprint density at radius 3 is 1.30 bits per heavy atom. The Bertz CT molecular complexity index is 1080. The maximum atomic E-state index is 12.8. The van der Waals surface area contributed by atoms with E-state index in [1.54, 1.807) is 0 Å². The number of carbonyl (C=O) groups excluding carboxylic acids is 2. The molecule has 0 aromatic heterocycles. The van der Waals surface area contributed by atoms with Gasteiger partial charge in [0.1, 0.15) is 31.0 Å². The number of carbonyl (C=O) groups is 2. The molecule has 10 nitrogen and oxygen atoms in total. The van der Waals surface area contributed by atoms with E-state index in [0.717, 1.165) is 25.7 Å². The first-order chi connectivity index (χ1) is 30.8. The maximum Gasteiger partial charge on any atom is 0.306 e. The Kier molecular flexibility index (Phi) is 41.4. The fourth-order valence-corrected chi connectivity index (χ4v) is 8.15. The molecule has 1 aliphatic rings. The van der Waals surface area contributed by atoms with Gasteiger partial charge in [-0.25, -0.2) is 0 Å². The molecule has 1 heterocycles. The first-order valence-electron chi connectivity index (χ1n) is 26.4. The summed E-state index contributed by atoms with van der Waals surface area (Å²) >= 11 is 0. The average molecular weight is 895 g/mol. The molecule has 0 aliphatic carbocycles. The highest BCUT2D eigenvalue weighted by atomic mass is 16.7. The van der Waals surface area contributed by atoms with Gasteiger partial charge in [-0.2, -0.15) is 0 Å². The van der Waals surface area contributed by atoms with Crippen LogP contribution in [0.4, 0.5) is 0 Å². The van der Waals surface area contributed by atoms with Gasteiger partial charge in [0.2, 0.25) is 0 Å². The number of allylic oxidation sites excluding steroid dienone is 4. The zero-order valence-corrected chi connectivity index (χ0v) is 40.6. The minimum Gasteiger partial charge on any atom is -0.462 e. The largest absolute Gasteiger partial charge is 0.462 e. The van der Waals surface area contributed by atoms with Crippen LogP contribution in [0.3, 0.4) is 0 Å². The molecule has 0 spiro atoms. The Morgan fingerprint density at radius 1 is 0.476 bits per heavy atom. The number of esters is 2. The van der Waals surface area contributed by atoms with Gasteiger partial charge in [-0.3, -0.25) is 9.59 Å². The van der Waals surface area contributed by atoms with E-state index in [-0.39, 0.29) is 26.1 Å². The van der Waals surface area contributed by atoms with E-state index in [4.69, 9.17) is 18.9 Å². The van der Waals surface area contributed by atoms with Gasteiger partial charge in [0, 0.05) is 12.8 Å². The number of ether oxygens (including phenoxy) is 4. The van der Waals surface area contributed by atoms with Crippen LogP contribution in [0.25, 0.3) is 0 Å². The molecule has 0 saturated carbocycles. The molecule has 6 atom stereocenters. The molecule has 1 aliphatic heterocycles. The van der Waals surface area contributed by atoms with Crippen molar-refractivity contribution in [1.29, 1.82) is 0 Å². The quantitative estimate of drug-likeness (QED) is 0.0264. The SMILES string of the molecule is CCCCCCCCCCCCC/C=C/CCC(=O)O[C@@H](COC(=O)CCC/C=C/CCCCCCCCCCCCCCCCCCCC)CO[C@H]1O[C@@H](CO)[C@@H](O)C(O)C1O. The fraction of sp³-hybridized carbons (Fsp3) is 0.887. The van der Waals surface area contributed by atoms with Crippen molar-refractivity contribution in [2.75, 3.05) is 19.8 Å². The van der Waals surface area contributed by atoms with E-state index in [1.807, 2.05) is 6.08 Å². The summed E-state index contributed by atoms with van der Waals surface area (Å²) in [5.41, 5.74) is 0. The Morgan fingerprint density at radius 2 is 0.873 bits per heavy atom. The van der Waals surface area contributed by atoms with Gasteiger partial charge < -0.3 is 39.4 Å². The van der Waals surface area contributed by atoms with Gasteiger partial charge in [-0.05, 0) is 44.9 Å². The number of rotatable bonds is 45. The van der Waals surface area contributed by atoms with Gasteiger partial charge in [0.15, 0.2) is 12.4 Å². The normalized spacial score (nSPS) is 19.6. The number of hydrogen-bond donors (Lipinski definition) is 4. The van der Waals surface area contributed by atoms with Crippen LogP contribution in [0.5, 0.6) is 0 Å². The van der Waals surface area contributed by atoms with Crippen molar-refractivity contribution >= 4 is 11.9 Å². The summed E-state index contributed by atoms with van der Waals surface area (Å²) in [5, 5.41) is 40.2. The lowest BCUT2D eigenvalue weighted by molar-refractivity contribution is -0.305. The number of unbranched alkanes of at least 4 members (excludes halogenated alkanes) is 30. The lowest BCUT2D eigenvalue weighted by Crippen LogP contribution is -2.59. The highest BCUT2D eigenvalue weighted by Crippen LogP contribution is 2.23. The standard InChI is InChI=1S/C53H98O10/c1-3-5-7-9-11-13-15-17-19-20-21-22-23-24-25-26-28-29-31-33-35-37-39-41-48(55)60-44-46(45-61-53-52(59)51(58)50(57)47(43-54)63-53)62-49(56)42-40-38-36-34-32-30-27-18-16-14-12-10-8-6-4-2/h33,35-36,38,46-47,50-54,57-59H,3-32,34,37,39-45H2,1-2H3/b35-33+,38-36+/t46-,47-,50+,51?,52?,53-/m0/s1. The third kappa shape index (κ3) is 35.1. The minimum atomic E-state index is -1.60. The van der Waals surface area contributed by atoms with Gasteiger partial charge in [0.25, 0.3) is 0 Å². The first kappa shape index (κ1) is 59.2. The lowest BCUT2D eigenvalue weighted by Gasteiger charge is -2.39. The Balaban J connectivity index is 2.25. The molecule has 10 heteroatoms. The second-order valence-corrected chi connectivity index (χ2v) is 18.3.